The standard InChI is InChI=1S/C16H27NO7/c1-3-4-5-6-7-8-12(19)23-9-11-14(20)15(21)13(16(22)24-11)17-10(2)18/h11,13-15,20-21H,3-9H2,1-2H3,(H,17,18)/t11-,13-,14-,15-/m1/s1. The van der Waals surface area contributed by atoms with Gasteiger partial charge in [-0.1, -0.05) is 32.6 Å². The Morgan fingerprint density at radius 3 is 2.46 bits per heavy atom. The van der Waals surface area contributed by atoms with Gasteiger partial charge in [-0.15, -0.1) is 0 Å². The first-order valence-electron chi connectivity index (χ1n) is 8.36. The Morgan fingerprint density at radius 2 is 1.83 bits per heavy atom. The quantitative estimate of drug-likeness (QED) is 0.398. The van der Waals surface area contributed by atoms with Crippen LogP contribution in [0, 0.1) is 0 Å². The Labute approximate surface area is 141 Å². The van der Waals surface area contributed by atoms with Gasteiger partial charge in [-0.25, -0.2) is 4.79 Å². The van der Waals surface area contributed by atoms with Gasteiger partial charge in [-0.05, 0) is 6.42 Å². The topological polar surface area (TPSA) is 122 Å². The molecule has 1 fully saturated rings. The van der Waals surface area contributed by atoms with Gasteiger partial charge in [0, 0.05) is 13.3 Å². The van der Waals surface area contributed by atoms with Crippen molar-refractivity contribution < 1.29 is 34.1 Å². The average molecular weight is 345 g/mol. The predicted molar refractivity (Wildman–Crippen MR) is 83.8 cm³/mol. The summed E-state index contributed by atoms with van der Waals surface area (Å²) in [6.45, 7) is 2.96. The van der Waals surface area contributed by atoms with E-state index in [0.29, 0.717) is 0 Å². The highest BCUT2D eigenvalue weighted by Crippen LogP contribution is 2.18. The predicted octanol–water partition coefficient (Wildman–Crippen LogP) is 0.0420. The van der Waals surface area contributed by atoms with Crippen molar-refractivity contribution in [3.05, 3.63) is 0 Å². The van der Waals surface area contributed by atoms with Crippen molar-refractivity contribution in [2.24, 2.45) is 0 Å². The molecule has 1 rings (SSSR count). The van der Waals surface area contributed by atoms with Crippen LogP contribution in [0.3, 0.4) is 0 Å². The third-order valence-corrected chi connectivity index (χ3v) is 3.85. The van der Waals surface area contributed by atoms with Crippen molar-refractivity contribution in [2.75, 3.05) is 6.61 Å². The van der Waals surface area contributed by atoms with Crippen molar-refractivity contribution in [1.82, 2.24) is 5.32 Å². The van der Waals surface area contributed by atoms with Crippen molar-refractivity contribution >= 4 is 17.8 Å². The molecule has 8 heteroatoms. The maximum atomic E-state index is 11.8. The molecule has 138 valence electrons. The van der Waals surface area contributed by atoms with Gasteiger partial charge in [0.05, 0.1) is 0 Å². The van der Waals surface area contributed by atoms with E-state index in [-0.39, 0.29) is 13.0 Å². The van der Waals surface area contributed by atoms with E-state index in [9.17, 15) is 24.6 Å². The lowest BCUT2D eigenvalue weighted by molar-refractivity contribution is -0.194. The van der Waals surface area contributed by atoms with Gasteiger partial charge < -0.3 is 25.0 Å². The molecule has 1 heterocycles. The Balaban J connectivity index is 2.36. The monoisotopic (exact) mass is 345 g/mol. The summed E-state index contributed by atoms with van der Waals surface area (Å²) in [5.41, 5.74) is 0. The highest BCUT2D eigenvalue weighted by molar-refractivity contribution is 5.84. The van der Waals surface area contributed by atoms with Crippen molar-refractivity contribution in [3.8, 4) is 0 Å². The van der Waals surface area contributed by atoms with E-state index in [0.717, 1.165) is 32.1 Å². The zero-order valence-corrected chi connectivity index (χ0v) is 14.2. The molecular weight excluding hydrogens is 318 g/mol. The smallest absolute Gasteiger partial charge is 0.331 e. The van der Waals surface area contributed by atoms with Crippen LogP contribution >= 0.6 is 0 Å². The fourth-order valence-electron chi connectivity index (χ4n) is 2.46. The molecule has 1 aliphatic heterocycles. The van der Waals surface area contributed by atoms with Crippen LogP contribution in [0.15, 0.2) is 0 Å². The van der Waals surface area contributed by atoms with Crippen LogP contribution < -0.4 is 5.32 Å². The Bertz CT molecular complexity index is 440. The summed E-state index contributed by atoms with van der Waals surface area (Å²) >= 11 is 0. The Morgan fingerprint density at radius 1 is 1.17 bits per heavy atom. The summed E-state index contributed by atoms with van der Waals surface area (Å²) in [5.74, 6) is -1.84. The van der Waals surface area contributed by atoms with Gasteiger partial charge in [-0.3, -0.25) is 9.59 Å². The molecule has 0 aliphatic carbocycles. The number of carbonyl (C=O) groups is 3. The third-order valence-electron chi connectivity index (χ3n) is 3.85. The van der Waals surface area contributed by atoms with E-state index in [1.54, 1.807) is 0 Å². The molecule has 0 aromatic heterocycles. The van der Waals surface area contributed by atoms with E-state index in [2.05, 4.69) is 12.2 Å². The van der Waals surface area contributed by atoms with Crippen LogP contribution in [0.25, 0.3) is 0 Å². The van der Waals surface area contributed by atoms with Gasteiger partial charge in [0.2, 0.25) is 5.91 Å². The summed E-state index contributed by atoms with van der Waals surface area (Å²) in [5, 5.41) is 22.1. The summed E-state index contributed by atoms with van der Waals surface area (Å²) in [6, 6.07) is -1.33. The van der Waals surface area contributed by atoms with E-state index in [4.69, 9.17) is 9.47 Å². The molecule has 1 amide bonds. The summed E-state index contributed by atoms with van der Waals surface area (Å²) in [4.78, 5) is 34.4. The van der Waals surface area contributed by atoms with Crippen molar-refractivity contribution in [1.29, 1.82) is 0 Å². The number of aliphatic hydroxyl groups is 2. The number of carbonyl (C=O) groups excluding carboxylic acids is 3. The van der Waals surface area contributed by atoms with Crippen LogP contribution in [0.5, 0.6) is 0 Å². The molecule has 0 aromatic rings. The van der Waals surface area contributed by atoms with Crippen LogP contribution in [0.1, 0.15) is 52.4 Å². The SMILES string of the molecule is CCCCCCCC(=O)OC[C@H]1OC(=O)[C@H](NC(C)=O)[C@@H](O)[C@@H]1O. The zero-order chi connectivity index (χ0) is 18.1. The highest BCUT2D eigenvalue weighted by Gasteiger charge is 2.45. The summed E-state index contributed by atoms with van der Waals surface area (Å²) in [6.07, 6.45) is 1.13. The second-order valence-electron chi connectivity index (χ2n) is 5.98. The number of unbranched alkanes of at least 4 members (excludes halogenated alkanes) is 4. The summed E-state index contributed by atoms with van der Waals surface area (Å²) in [7, 11) is 0. The van der Waals surface area contributed by atoms with Crippen LogP contribution in [-0.4, -0.2) is 59.0 Å². The van der Waals surface area contributed by atoms with Crippen molar-refractivity contribution in [3.63, 3.8) is 0 Å². The number of aliphatic hydroxyl groups excluding tert-OH is 2. The van der Waals surface area contributed by atoms with E-state index >= 15 is 0 Å². The molecule has 0 unspecified atom stereocenters. The lowest BCUT2D eigenvalue weighted by Gasteiger charge is -2.36. The van der Waals surface area contributed by atoms with E-state index < -0.39 is 42.2 Å². The van der Waals surface area contributed by atoms with Gasteiger partial charge in [-0.2, -0.15) is 0 Å². The molecule has 0 aromatic carbocycles. The largest absolute Gasteiger partial charge is 0.462 e. The van der Waals surface area contributed by atoms with Gasteiger partial charge in [0.15, 0.2) is 12.1 Å². The third kappa shape index (κ3) is 6.45. The molecule has 0 spiro atoms. The maximum Gasteiger partial charge on any atom is 0.331 e. The molecule has 0 radical (unpaired) electrons. The number of esters is 2. The lowest BCUT2D eigenvalue weighted by atomic mass is 9.98. The normalized spacial score (nSPS) is 26.6. The van der Waals surface area contributed by atoms with E-state index in [1.807, 2.05) is 0 Å². The first-order valence-corrected chi connectivity index (χ1v) is 8.36. The Kier molecular flexibility index (Phi) is 8.70. The maximum absolute atomic E-state index is 11.8. The number of hydrogen-bond acceptors (Lipinski definition) is 7. The zero-order valence-electron chi connectivity index (χ0n) is 14.2. The molecule has 1 aliphatic rings. The number of cyclic esters (lactones) is 1. The van der Waals surface area contributed by atoms with Crippen LogP contribution in [-0.2, 0) is 23.9 Å². The lowest BCUT2D eigenvalue weighted by Crippen LogP contribution is -2.62. The molecule has 3 N–H and O–H groups in total. The summed E-state index contributed by atoms with van der Waals surface area (Å²) < 4.78 is 9.95. The molecular formula is C16H27NO7. The highest BCUT2D eigenvalue weighted by atomic mass is 16.6. The minimum absolute atomic E-state index is 0.261. The second kappa shape index (κ2) is 10.2. The van der Waals surface area contributed by atoms with Gasteiger partial charge >= 0.3 is 11.9 Å². The minimum atomic E-state index is -1.52. The van der Waals surface area contributed by atoms with E-state index in [1.165, 1.54) is 6.92 Å². The van der Waals surface area contributed by atoms with Gasteiger partial charge in [0.25, 0.3) is 0 Å². The first-order chi connectivity index (χ1) is 11.4. The Hall–Kier alpha value is -1.67. The van der Waals surface area contributed by atoms with Crippen LogP contribution in [0.4, 0.5) is 0 Å². The molecule has 4 atom stereocenters. The number of rotatable bonds is 9. The first kappa shape index (κ1) is 20.4. The fraction of sp³-hybridized carbons (Fsp3) is 0.812. The second-order valence-corrected chi connectivity index (χ2v) is 5.98. The van der Waals surface area contributed by atoms with Crippen molar-refractivity contribution in [2.45, 2.75) is 76.7 Å². The molecule has 24 heavy (non-hydrogen) atoms. The van der Waals surface area contributed by atoms with Crippen LogP contribution in [0.2, 0.25) is 0 Å². The molecule has 0 bridgehead atoms. The number of nitrogens with one attached hydrogen (secondary N) is 1. The molecule has 8 nitrogen and oxygen atoms in total. The van der Waals surface area contributed by atoms with Gasteiger partial charge in [0.1, 0.15) is 18.8 Å². The fourth-order valence-corrected chi connectivity index (χ4v) is 2.46. The number of hydrogen-bond donors (Lipinski definition) is 3. The number of ether oxygens (including phenoxy) is 2. The molecule has 1 saturated heterocycles. The minimum Gasteiger partial charge on any atom is -0.462 e. The number of amides is 1. The molecule has 0 saturated carbocycles. The average Bonchev–Trinajstić information content (AvgIpc) is 2.53.